The number of carboxylic acids is 1. The minimum absolute atomic E-state index is 0.0865. The van der Waals surface area contributed by atoms with E-state index in [2.05, 4.69) is 10.2 Å². The number of rotatable bonds is 8. The lowest BCUT2D eigenvalue weighted by atomic mass is 9.85. The Morgan fingerprint density at radius 3 is 2.58 bits per heavy atom. The molecule has 0 aromatic heterocycles. The fourth-order valence-electron chi connectivity index (χ4n) is 3.98. The summed E-state index contributed by atoms with van der Waals surface area (Å²) < 4.78 is 0. The van der Waals surface area contributed by atoms with Crippen molar-refractivity contribution in [1.82, 2.24) is 15.1 Å². The first-order chi connectivity index (χ1) is 12.5. The molecule has 0 spiro atoms. The number of carbonyl (C=O) groups excluding carboxylic acids is 2. The largest absolute Gasteiger partial charge is 0.480 e. The molecule has 2 N–H and O–H groups in total. The fraction of sp³-hybridized carbons (Fsp3) is 0.842. The third-order valence-corrected chi connectivity index (χ3v) is 5.78. The summed E-state index contributed by atoms with van der Waals surface area (Å²) in [6.07, 6.45) is 8.67. The van der Waals surface area contributed by atoms with Gasteiger partial charge >= 0.3 is 5.97 Å². The molecule has 0 aromatic carbocycles. The van der Waals surface area contributed by atoms with Gasteiger partial charge in [-0.2, -0.15) is 0 Å². The highest BCUT2D eigenvalue weighted by molar-refractivity contribution is 5.85. The first kappa shape index (κ1) is 19.1. The van der Waals surface area contributed by atoms with Crippen molar-refractivity contribution < 1.29 is 19.5 Å². The zero-order valence-electron chi connectivity index (χ0n) is 15.5. The highest BCUT2D eigenvalue weighted by Gasteiger charge is 2.37. The van der Waals surface area contributed by atoms with Gasteiger partial charge in [0.15, 0.2) is 0 Å². The van der Waals surface area contributed by atoms with Gasteiger partial charge in [-0.05, 0) is 44.4 Å². The van der Waals surface area contributed by atoms with Crippen molar-refractivity contribution in [2.75, 3.05) is 26.2 Å². The molecule has 1 heterocycles. The van der Waals surface area contributed by atoms with Crippen LogP contribution in [-0.2, 0) is 14.4 Å². The average Bonchev–Trinajstić information content (AvgIpc) is 3.33. The van der Waals surface area contributed by atoms with Gasteiger partial charge in [0.2, 0.25) is 11.8 Å². The van der Waals surface area contributed by atoms with Crippen LogP contribution in [0.4, 0.5) is 0 Å². The molecule has 2 amide bonds. The SMILES string of the molecule is O=C(O)CN(CC1CC1)C1CC(NC(=O)CN2CCCCCCC2=O)C1. The molecule has 2 saturated carbocycles. The van der Waals surface area contributed by atoms with Crippen molar-refractivity contribution in [3.8, 4) is 0 Å². The Morgan fingerprint density at radius 2 is 1.88 bits per heavy atom. The molecule has 26 heavy (non-hydrogen) atoms. The van der Waals surface area contributed by atoms with E-state index >= 15 is 0 Å². The van der Waals surface area contributed by atoms with Gasteiger partial charge in [0.25, 0.3) is 0 Å². The monoisotopic (exact) mass is 365 g/mol. The molecule has 146 valence electrons. The summed E-state index contributed by atoms with van der Waals surface area (Å²) in [5.41, 5.74) is 0. The summed E-state index contributed by atoms with van der Waals surface area (Å²) in [6.45, 7) is 1.78. The highest BCUT2D eigenvalue weighted by Crippen LogP contribution is 2.33. The Bertz CT molecular complexity index is 529. The topological polar surface area (TPSA) is 89.9 Å². The number of nitrogens with one attached hydrogen (secondary N) is 1. The average molecular weight is 365 g/mol. The molecular formula is C19H31N3O4. The van der Waals surface area contributed by atoms with Gasteiger partial charge in [-0.3, -0.25) is 19.3 Å². The predicted octanol–water partition coefficient (Wildman–Crippen LogP) is 1.22. The van der Waals surface area contributed by atoms with E-state index < -0.39 is 5.97 Å². The van der Waals surface area contributed by atoms with E-state index in [1.54, 1.807) is 4.90 Å². The molecule has 0 bridgehead atoms. The van der Waals surface area contributed by atoms with Crippen LogP contribution in [0.1, 0.15) is 57.8 Å². The molecule has 0 atom stereocenters. The van der Waals surface area contributed by atoms with Gasteiger partial charge < -0.3 is 15.3 Å². The van der Waals surface area contributed by atoms with Gasteiger partial charge in [0, 0.05) is 31.6 Å². The number of amides is 2. The number of nitrogens with zero attached hydrogens (tertiary/aromatic N) is 2. The van der Waals surface area contributed by atoms with Crippen molar-refractivity contribution >= 4 is 17.8 Å². The minimum atomic E-state index is -0.784. The Morgan fingerprint density at radius 1 is 1.15 bits per heavy atom. The van der Waals surface area contributed by atoms with Gasteiger partial charge in [-0.1, -0.05) is 12.8 Å². The smallest absolute Gasteiger partial charge is 0.317 e. The number of hydrogen-bond donors (Lipinski definition) is 2. The van der Waals surface area contributed by atoms with Crippen molar-refractivity contribution in [3.05, 3.63) is 0 Å². The molecule has 3 aliphatic rings. The summed E-state index contributed by atoms with van der Waals surface area (Å²) >= 11 is 0. The van der Waals surface area contributed by atoms with Crippen molar-refractivity contribution in [3.63, 3.8) is 0 Å². The van der Waals surface area contributed by atoms with Crippen LogP contribution >= 0.6 is 0 Å². The summed E-state index contributed by atoms with van der Waals surface area (Å²) in [6, 6.07) is 0.355. The van der Waals surface area contributed by atoms with Gasteiger partial charge in [-0.15, -0.1) is 0 Å². The Labute approximate surface area is 155 Å². The van der Waals surface area contributed by atoms with E-state index in [4.69, 9.17) is 5.11 Å². The van der Waals surface area contributed by atoms with Crippen molar-refractivity contribution in [2.24, 2.45) is 5.92 Å². The van der Waals surface area contributed by atoms with Crippen LogP contribution in [0.2, 0.25) is 0 Å². The Kier molecular flexibility index (Phi) is 6.51. The highest BCUT2D eigenvalue weighted by atomic mass is 16.4. The second kappa shape index (κ2) is 8.84. The van der Waals surface area contributed by atoms with Crippen molar-refractivity contribution in [1.29, 1.82) is 0 Å². The Balaban J connectivity index is 1.40. The van der Waals surface area contributed by atoms with Gasteiger partial charge in [-0.25, -0.2) is 0 Å². The second-order valence-corrected chi connectivity index (χ2v) is 8.14. The molecule has 0 aromatic rings. The minimum Gasteiger partial charge on any atom is -0.480 e. The van der Waals surface area contributed by atoms with E-state index in [0.29, 0.717) is 18.9 Å². The zero-order chi connectivity index (χ0) is 18.5. The molecule has 1 aliphatic heterocycles. The van der Waals surface area contributed by atoms with Crippen LogP contribution in [0.25, 0.3) is 0 Å². The quantitative estimate of drug-likeness (QED) is 0.675. The van der Waals surface area contributed by atoms with E-state index in [1.807, 2.05) is 0 Å². The van der Waals surface area contributed by atoms with E-state index in [0.717, 1.165) is 45.1 Å². The molecular weight excluding hydrogens is 334 g/mol. The maximum absolute atomic E-state index is 12.3. The number of aliphatic carboxylic acids is 1. The predicted molar refractivity (Wildman–Crippen MR) is 96.6 cm³/mol. The van der Waals surface area contributed by atoms with Crippen LogP contribution in [0.3, 0.4) is 0 Å². The standard InChI is InChI=1S/C19H31N3O4/c23-17(12-21-8-4-2-1-3-5-18(21)24)20-15-9-16(10-15)22(13-19(25)26)11-14-6-7-14/h14-16H,1-13H2,(H,20,23)(H,25,26). The molecule has 7 heteroatoms. The molecule has 3 rings (SSSR count). The summed E-state index contributed by atoms with van der Waals surface area (Å²) in [5.74, 6) is -0.132. The summed E-state index contributed by atoms with van der Waals surface area (Å²) in [5, 5.41) is 12.1. The summed E-state index contributed by atoms with van der Waals surface area (Å²) in [7, 11) is 0. The van der Waals surface area contributed by atoms with E-state index in [9.17, 15) is 14.4 Å². The van der Waals surface area contributed by atoms with E-state index in [1.165, 1.54) is 12.8 Å². The molecule has 7 nitrogen and oxygen atoms in total. The maximum atomic E-state index is 12.3. The third-order valence-electron chi connectivity index (χ3n) is 5.78. The zero-order valence-corrected chi connectivity index (χ0v) is 15.5. The number of likely N-dealkylation sites (tertiary alicyclic amines) is 1. The number of carbonyl (C=O) groups is 3. The van der Waals surface area contributed by atoms with Crippen molar-refractivity contribution in [2.45, 2.75) is 69.9 Å². The molecule has 0 radical (unpaired) electrons. The van der Waals surface area contributed by atoms with Crippen LogP contribution in [0.5, 0.6) is 0 Å². The lowest BCUT2D eigenvalue weighted by Gasteiger charge is -2.43. The molecule has 3 fully saturated rings. The van der Waals surface area contributed by atoms with Gasteiger partial charge in [0.1, 0.15) is 0 Å². The van der Waals surface area contributed by atoms with Crippen LogP contribution < -0.4 is 5.32 Å². The normalized spacial score (nSPS) is 26.8. The lowest BCUT2D eigenvalue weighted by molar-refractivity contribution is -0.140. The van der Waals surface area contributed by atoms with Crippen LogP contribution in [-0.4, -0.2) is 71.0 Å². The fourth-order valence-corrected chi connectivity index (χ4v) is 3.98. The van der Waals surface area contributed by atoms with Crippen LogP contribution in [0, 0.1) is 5.92 Å². The second-order valence-electron chi connectivity index (χ2n) is 8.14. The Hall–Kier alpha value is -1.63. The summed E-state index contributed by atoms with van der Waals surface area (Å²) in [4.78, 5) is 39.2. The first-order valence-electron chi connectivity index (χ1n) is 10.0. The number of carboxylic acid groups (broad SMARTS) is 1. The lowest BCUT2D eigenvalue weighted by Crippen LogP contribution is -2.56. The molecule has 0 unspecified atom stereocenters. The van der Waals surface area contributed by atoms with E-state index in [-0.39, 0.29) is 37.0 Å². The maximum Gasteiger partial charge on any atom is 0.317 e. The first-order valence-corrected chi connectivity index (χ1v) is 10.0. The third kappa shape index (κ3) is 5.69. The molecule has 1 saturated heterocycles. The van der Waals surface area contributed by atoms with Crippen LogP contribution in [0.15, 0.2) is 0 Å². The molecule has 2 aliphatic carbocycles. The van der Waals surface area contributed by atoms with Gasteiger partial charge in [0.05, 0.1) is 13.1 Å². The number of hydrogen-bond acceptors (Lipinski definition) is 4.